The van der Waals surface area contributed by atoms with E-state index in [0.717, 1.165) is 0 Å². The van der Waals surface area contributed by atoms with Crippen molar-refractivity contribution in [3.8, 4) is 5.75 Å². The zero-order valence-electron chi connectivity index (χ0n) is 17.1. The molecule has 1 aliphatic rings. The predicted octanol–water partition coefficient (Wildman–Crippen LogP) is 4.29. The number of benzene rings is 1. The van der Waals surface area contributed by atoms with Crippen LogP contribution in [0.15, 0.2) is 51.1 Å². The zero-order valence-corrected chi connectivity index (χ0v) is 18.6. The summed E-state index contributed by atoms with van der Waals surface area (Å²) >= 11 is 3.38. The van der Waals surface area contributed by atoms with Crippen LogP contribution in [-0.4, -0.2) is 48.1 Å². The van der Waals surface area contributed by atoms with Gasteiger partial charge in [-0.05, 0) is 66.5 Å². The lowest BCUT2D eigenvalue weighted by atomic mass is 9.99. The number of ketones is 1. The van der Waals surface area contributed by atoms with Gasteiger partial charge in [0, 0.05) is 18.7 Å². The second-order valence-electron chi connectivity index (χ2n) is 7.13. The van der Waals surface area contributed by atoms with Crippen LogP contribution in [0.2, 0.25) is 0 Å². The monoisotopic (exact) mass is 477 g/mol. The number of ether oxygens (including phenoxy) is 2. The Morgan fingerprint density at radius 3 is 2.67 bits per heavy atom. The molecule has 2 aromatic rings. The topological polar surface area (TPSA) is 89.2 Å². The molecule has 1 N–H and O–H groups in total. The molecule has 1 unspecified atom stereocenters. The Morgan fingerprint density at radius 1 is 1.30 bits per heavy atom. The number of nitrogens with zero attached hydrogens (tertiary/aromatic N) is 1. The first-order valence-electron chi connectivity index (χ1n) is 9.62. The maximum Gasteiger partial charge on any atom is 0.295 e. The number of furan rings is 1. The summed E-state index contributed by atoms with van der Waals surface area (Å²) in [6.07, 6.45) is 2.10. The van der Waals surface area contributed by atoms with Crippen molar-refractivity contribution in [2.45, 2.75) is 32.4 Å². The van der Waals surface area contributed by atoms with E-state index in [-0.39, 0.29) is 17.4 Å². The minimum atomic E-state index is -0.806. The molecule has 8 heteroatoms. The van der Waals surface area contributed by atoms with E-state index in [1.165, 1.54) is 18.3 Å². The normalized spacial score (nSPS) is 18.4. The summed E-state index contributed by atoms with van der Waals surface area (Å²) in [6, 6.07) is 7.49. The van der Waals surface area contributed by atoms with Gasteiger partial charge < -0.3 is 23.9 Å². The molecule has 1 aromatic carbocycles. The molecule has 1 saturated heterocycles. The summed E-state index contributed by atoms with van der Waals surface area (Å²) in [4.78, 5) is 27.1. The number of likely N-dealkylation sites (tertiary alicyclic amines) is 1. The number of rotatable bonds is 8. The van der Waals surface area contributed by atoms with Gasteiger partial charge in [-0.3, -0.25) is 9.59 Å². The number of carbonyl (C=O) groups excluding carboxylic acids is 2. The molecule has 1 fully saturated rings. The average Bonchev–Trinajstić information content (AvgIpc) is 3.32. The summed E-state index contributed by atoms with van der Waals surface area (Å²) < 4.78 is 16.9. The van der Waals surface area contributed by atoms with E-state index in [0.29, 0.717) is 41.1 Å². The second-order valence-corrected chi connectivity index (χ2v) is 7.98. The quantitative estimate of drug-likeness (QED) is 0.264. The van der Waals surface area contributed by atoms with Gasteiger partial charge in [0.05, 0.1) is 29.5 Å². The van der Waals surface area contributed by atoms with Crippen LogP contribution in [0.5, 0.6) is 5.75 Å². The molecule has 160 valence electrons. The maximum absolute atomic E-state index is 12.9. The Bertz CT molecular complexity index is 951. The molecule has 1 amide bonds. The first kappa shape index (κ1) is 22.1. The SMILES string of the molecule is COc1ccc(/C(O)=C2/C(=O)C(=O)N(CCCOC(C)C)C2c2ccco2)cc1Br. The fourth-order valence-electron chi connectivity index (χ4n) is 3.38. The lowest BCUT2D eigenvalue weighted by Crippen LogP contribution is -2.31. The molecule has 1 aromatic heterocycles. The molecular formula is C22H24BrNO6. The smallest absolute Gasteiger partial charge is 0.295 e. The molecule has 0 aliphatic carbocycles. The van der Waals surface area contributed by atoms with Crippen LogP contribution in [-0.2, 0) is 14.3 Å². The number of hydrogen-bond acceptors (Lipinski definition) is 6. The summed E-state index contributed by atoms with van der Waals surface area (Å²) in [6.45, 7) is 4.62. The Labute approximate surface area is 183 Å². The summed E-state index contributed by atoms with van der Waals surface area (Å²) in [5.74, 6) is -0.687. The molecule has 7 nitrogen and oxygen atoms in total. The molecule has 30 heavy (non-hydrogen) atoms. The van der Waals surface area contributed by atoms with Crippen LogP contribution in [0.1, 0.15) is 37.6 Å². The number of hydrogen-bond donors (Lipinski definition) is 1. The van der Waals surface area contributed by atoms with Crippen molar-refractivity contribution in [3.63, 3.8) is 0 Å². The molecule has 3 rings (SSSR count). The van der Waals surface area contributed by atoms with E-state index in [1.54, 1.807) is 30.3 Å². The third kappa shape index (κ3) is 4.44. The molecule has 0 spiro atoms. The minimum absolute atomic E-state index is 0.00297. The van der Waals surface area contributed by atoms with Gasteiger partial charge >= 0.3 is 0 Å². The van der Waals surface area contributed by atoms with Crippen molar-refractivity contribution in [3.05, 3.63) is 58.0 Å². The highest BCUT2D eigenvalue weighted by Gasteiger charge is 2.47. The molecule has 0 radical (unpaired) electrons. The summed E-state index contributed by atoms with van der Waals surface area (Å²) in [7, 11) is 1.53. The number of methoxy groups -OCH3 is 1. The van der Waals surface area contributed by atoms with Crippen molar-refractivity contribution in [1.29, 1.82) is 0 Å². The van der Waals surface area contributed by atoms with E-state index in [2.05, 4.69) is 15.9 Å². The van der Waals surface area contributed by atoms with Crippen molar-refractivity contribution >= 4 is 33.4 Å². The Kier molecular flexibility index (Phi) is 6.99. The van der Waals surface area contributed by atoms with Gasteiger partial charge in [-0.25, -0.2) is 0 Å². The number of Topliss-reactive ketones (excluding diaryl/α,β-unsaturated/α-hetero) is 1. The van der Waals surface area contributed by atoms with Crippen LogP contribution in [0.4, 0.5) is 0 Å². The lowest BCUT2D eigenvalue weighted by Gasteiger charge is -2.23. The van der Waals surface area contributed by atoms with E-state index >= 15 is 0 Å². The molecule has 2 heterocycles. The lowest BCUT2D eigenvalue weighted by molar-refractivity contribution is -0.140. The Balaban J connectivity index is 1.99. The van der Waals surface area contributed by atoms with Crippen LogP contribution < -0.4 is 4.74 Å². The van der Waals surface area contributed by atoms with E-state index in [1.807, 2.05) is 13.8 Å². The van der Waals surface area contributed by atoms with E-state index < -0.39 is 17.7 Å². The maximum atomic E-state index is 12.9. The standard InChI is InChI=1S/C22H24BrNO6/c1-13(2)29-11-5-9-24-19(17-6-4-10-30-17)18(21(26)22(24)27)20(25)14-7-8-16(28-3)15(23)12-14/h4,6-8,10,12-13,19,25H,5,9,11H2,1-3H3/b20-18-. The minimum Gasteiger partial charge on any atom is -0.507 e. The fourth-order valence-corrected chi connectivity index (χ4v) is 3.92. The van der Waals surface area contributed by atoms with Gasteiger partial charge in [0.15, 0.2) is 0 Å². The highest BCUT2D eigenvalue weighted by atomic mass is 79.9. The molecule has 0 bridgehead atoms. The molecule has 0 saturated carbocycles. The predicted molar refractivity (Wildman–Crippen MR) is 114 cm³/mol. The number of amides is 1. The van der Waals surface area contributed by atoms with Crippen LogP contribution in [0.25, 0.3) is 5.76 Å². The third-order valence-electron chi connectivity index (χ3n) is 4.77. The molecular weight excluding hydrogens is 454 g/mol. The van der Waals surface area contributed by atoms with E-state index in [4.69, 9.17) is 13.9 Å². The molecule has 1 atom stereocenters. The first-order valence-corrected chi connectivity index (χ1v) is 10.4. The number of halogens is 1. The number of aliphatic hydroxyl groups is 1. The van der Waals surface area contributed by atoms with E-state index in [9.17, 15) is 14.7 Å². The Morgan fingerprint density at radius 2 is 2.07 bits per heavy atom. The summed E-state index contributed by atoms with van der Waals surface area (Å²) in [5.41, 5.74) is 0.386. The largest absolute Gasteiger partial charge is 0.507 e. The van der Waals surface area contributed by atoms with Crippen molar-refractivity contribution in [2.75, 3.05) is 20.3 Å². The van der Waals surface area contributed by atoms with Crippen molar-refractivity contribution in [2.24, 2.45) is 0 Å². The highest BCUT2D eigenvalue weighted by Crippen LogP contribution is 2.40. The van der Waals surface area contributed by atoms with Gasteiger partial charge in [0.25, 0.3) is 11.7 Å². The highest BCUT2D eigenvalue weighted by molar-refractivity contribution is 9.10. The van der Waals surface area contributed by atoms with Gasteiger partial charge in [-0.2, -0.15) is 0 Å². The fraction of sp³-hybridized carbons (Fsp3) is 0.364. The average molecular weight is 478 g/mol. The van der Waals surface area contributed by atoms with Gasteiger partial charge in [0.1, 0.15) is 23.3 Å². The number of aliphatic hydroxyl groups excluding tert-OH is 1. The van der Waals surface area contributed by atoms with Gasteiger partial charge in [-0.1, -0.05) is 0 Å². The van der Waals surface area contributed by atoms with Crippen LogP contribution in [0.3, 0.4) is 0 Å². The zero-order chi connectivity index (χ0) is 21.8. The number of carbonyl (C=O) groups is 2. The van der Waals surface area contributed by atoms with Crippen molar-refractivity contribution in [1.82, 2.24) is 4.90 Å². The van der Waals surface area contributed by atoms with Crippen LogP contribution >= 0.6 is 15.9 Å². The third-order valence-corrected chi connectivity index (χ3v) is 5.39. The van der Waals surface area contributed by atoms with Crippen LogP contribution in [0, 0.1) is 0 Å². The summed E-state index contributed by atoms with van der Waals surface area (Å²) in [5, 5.41) is 11.0. The van der Waals surface area contributed by atoms with Gasteiger partial charge in [-0.15, -0.1) is 0 Å². The first-order chi connectivity index (χ1) is 14.3. The second kappa shape index (κ2) is 9.49. The van der Waals surface area contributed by atoms with Gasteiger partial charge in [0.2, 0.25) is 0 Å². The molecule has 1 aliphatic heterocycles. The Hall–Kier alpha value is -2.58. The van der Waals surface area contributed by atoms with Crippen molar-refractivity contribution < 1.29 is 28.6 Å².